The molecule has 1 aliphatic heterocycles. The lowest BCUT2D eigenvalue weighted by atomic mass is 10.1. The number of nitrogens with one attached hydrogen (secondary N) is 2. The molecule has 0 aliphatic carbocycles. The van der Waals surface area contributed by atoms with Crippen LogP contribution in [0.4, 0.5) is 13.6 Å². The molecule has 0 spiro atoms. The largest absolute Gasteiger partial charge is 0.396 e. The Kier molecular flexibility index (Phi) is 5.26. The van der Waals surface area contributed by atoms with Gasteiger partial charge in [-0.1, -0.05) is 6.07 Å². The van der Waals surface area contributed by atoms with E-state index in [1.807, 2.05) is 0 Å². The molecule has 0 bridgehead atoms. The van der Waals surface area contributed by atoms with Crippen LogP contribution < -0.4 is 10.6 Å². The lowest BCUT2D eigenvalue weighted by molar-refractivity contribution is -0.128. The Morgan fingerprint density at radius 3 is 2.91 bits per heavy atom. The number of piperazine rings is 1. The van der Waals surface area contributed by atoms with Gasteiger partial charge >= 0.3 is 6.03 Å². The Morgan fingerprint density at radius 1 is 1.45 bits per heavy atom. The third kappa shape index (κ3) is 3.70. The maximum absolute atomic E-state index is 13.5. The van der Waals surface area contributed by atoms with E-state index in [9.17, 15) is 18.4 Å². The molecule has 3 amide bonds. The second-order valence-corrected chi connectivity index (χ2v) is 4.91. The van der Waals surface area contributed by atoms with Crippen molar-refractivity contribution in [3.63, 3.8) is 0 Å². The van der Waals surface area contributed by atoms with Gasteiger partial charge in [0, 0.05) is 37.9 Å². The van der Waals surface area contributed by atoms with Crippen LogP contribution in [0.3, 0.4) is 0 Å². The van der Waals surface area contributed by atoms with Crippen molar-refractivity contribution in [2.75, 3.05) is 19.7 Å². The summed E-state index contributed by atoms with van der Waals surface area (Å²) in [6.07, 6.45) is 0.129. The van der Waals surface area contributed by atoms with Gasteiger partial charge in [0.05, 0.1) is 0 Å². The Hall–Kier alpha value is -2.22. The minimum absolute atomic E-state index is 0.116. The van der Waals surface area contributed by atoms with Crippen LogP contribution in [0.25, 0.3) is 0 Å². The molecule has 1 fully saturated rings. The van der Waals surface area contributed by atoms with Crippen molar-refractivity contribution < 1.29 is 23.5 Å². The molecule has 8 heteroatoms. The van der Waals surface area contributed by atoms with Crippen LogP contribution in [0.2, 0.25) is 0 Å². The molecule has 1 saturated heterocycles. The highest BCUT2D eigenvalue weighted by Crippen LogP contribution is 2.11. The number of nitrogens with zero attached hydrogens (tertiary/aromatic N) is 1. The van der Waals surface area contributed by atoms with Crippen molar-refractivity contribution in [3.05, 3.63) is 35.4 Å². The number of halogens is 2. The average Bonchev–Trinajstić information content (AvgIpc) is 2.48. The van der Waals surface area contributed by atoms with E-state index in [2.05, 4.69) is 10.6 Å². The zero-order chi connectivity index (χ0) is 16.1. The summed E-state index contributed by atoms with van der Waals surface area (Å²) in [5.74, 6) is -1.77. The van der Waals surface area contributed by atoms with E-state index >= 15 is 0 Å². The van der Waals surface area contributed by atoms with Crippen molar-refractivity contribution in [2.45, 2.75) is 19.0 Å². The first-order chi connectivity index (χ1) is 10.5. The topological polar surface area (TPSA) is 81.7 Å². The molecular weight excluding hydrogens is 296 g/mol. The van der Waals surface area contributed by atoms with Crippen LogP contribution in [0.15, 0.2) is 18.2 Å². The van der Waals surface area contributed by atoms with Gasteiger partial charge in [0.15, 0.2) is 0 Å². The SMILES string of the molecule is O=C1NCCN(C(=O)NCc2ccc(F)cc2F)[C@@H]1CCO. The third-order valence-electron chi connectivity index (χ3n) is 3.44. The van der Waals surface area contributed by atoms with Crippen molar-refractivity contribution in [3.8, 4) is 0 Å². The number of hydrogen-bond acceptors (Lipinski definition) is 3. The number of rotatable bonds is 4. The van der Waals surface area contributed by atoms with E-state index in [4.69, 9.17) is 5.11 Å². The lowest BCUT2D eigenvalue weighted by Gasteiger charge is -2.34. The van der Waals surface area contributed by atoms with E-state index in [-0.39, 0.29) is 31.0 Å². The number of carbonyl (C=O) groups is 2. The summed E-state index contributed by atoms with van der Waals surface area (Å²) < 4.78 is 26.3. The molecule has 2 rings (SSSR count). The van der Waals surface area contributed by atoms with Crippen molar-refractivity contribution >= 4 is 11.9 Å². The fourth-order valence-electron chi connectivity index (χ4n) is 2.30. The van der Waals surface area contributed by atoms with Gasteiger partial charge in [-0.05, 0) is 12.5 Å². The van der Waals surface area contributed by atoms with Gasteiger partial charge in [0.25, 0.3) is 0 Å². The van der Waals surface area contributed by atoms with Gasteiger partial charge in [0.2, 0.25) is 5.91 Å². The highest BCUT2D eigenvalue weighted by atomic mass is 19.1. The number of aliphatic hydroxyl groups excluding tert-OH is 1. The summed E-state index contributed by atoms with van der Waals surface area (Å²) in [6.45, 7) is 0.274. The zero-order valence-electron chi connectivity index (χ0n) is 11.8. The van der Waals surface area contributed by atoms with Gasteiger partial charge < -0.3 is 20.6 Å². The van der Waals surface area contributed by atoms with Crippen LogP contribution in [0.1, 0.15) is 12.0 Å². The number of aliphatic hydroxyl groups is 1. The summed E-state index contributed by atoms with van der Waals surface area (Å²) in [5.41, 5.74) is 0.148. The molecule has 1 heterocycles. The van der Waals surface area contributed by atoms with E-state index in [1.165, 1.54) is 11.0 Å². The van der Waals surface area contributed by atoms with Gasteiger partial charge in [0.1, 0.15) is 17.7 Å². The Morgan fingerprint density at radius 2 is 2.23 bits per heavy atom. The number of amides is 3. The minimum Gasteiger partial charge on any atom is -0.396 e. The van der Waals surface area contributed by atoms with Crippen LogP contribution in [0, 0.1) is 11.6 Å². The molecule has 1 aromatic carbocycles. The summed E-state index contributed by atoms with van der Waals surface area (Å²) in [6, 6.07) is 1.81. The summed E-state index contributed by atoms with van der Waals surface area (Å²) in [4.78, 5) is 25.2. The monoisotopic (exact) mass is 313 g/mol. The predicted octanol–water partition coefficient (Wildman–Crippen LogP) is 0.357. The van der Waals surface area contributed by atoms with Gasteiger partial charge in [-0.2, -0.15) is 0 Å². The quantitative estimate of drug-likeness (QED) is 0.750. The zero-order valence-corrected chi connectivity index (χ0v) is 11.8. The minimum atomic E-state index is -0.753. The van der Waals surface area contributed by atoms with Gasteiger partial charge in [-0.25, -0.2) is 13.6 Å². The number of urea groups is 1. The molecule has 6 nitrogen and oxygen atoms in total. The summed E-state index contributed by atoms with van der Waals surface area (Å²) in [7, 11) is 0. The fraction of sp³-hybridized carbons (Fsp3) is 0.429. The molecule has 120 valence electrons. The molecule has 3 N–H and O–H groups in total. The molecule has 0 unspecified atom stereocenters. The van der Waals surface area contributed by atoms with Crippen LogP contribution in [0.5, 0.6) is 0 Å². The van der Waals surface area contributed by atoms with Crippen molar-refractivity contribution in [1.82, 2.24) is 15.5 Å². The average molecular weight is 313 g/mol. The lowest BCUT2D eigenvalue weighted by Crippen LogP contribution is -2.59. The normalized spacial score (nSPS) is 18.0. The van der Waals surface area contributed by atoms with Crippen LogP contribution in [-0.4, -0.2) is 47.7 Å². The maximum atomic E-state index is 13.5. The smallest absolute Gasteiger partial charge is 0.318 e. The number of hydrogen-bond donors (Lipinski definition) is 3. The first-order valence-corrected chi connectivity index (χ1v) is 6.90. The highest BCUT2D eigenvalue weighted by molar-refractivity contribution is 5.88. The van der Waals surface area contributed by atoms with Crippen LogP contribution in [-0.2, 0) is 11.3 Å². The Balaban J connectivity index is 1.99. The number of carbonyl (C=O) groups excluding carboxylic acids is 2. The standard InChI is InChI=1S/C14H17F2N3O3/c15-10-2-1-9(11(16)7-10)8-18-14(22)19-5-4-17-13(21)12(19)3-6-20/h1-2,7,12,20H,3-6,8H2,(H,17,21)(H,18,22)/t12-/m1/s1. The second-order valence-electron chi connectivity index (χ2n) is 4.91. The molecular formula is C14H17F2N3O3. The highest BCUT2D eigenvalue weighted by Gasteiger charge is 2.32. The molecule has 0 aromatic heterocycles. The van der Waals surface area contributed by atoms with Gasteiger partial charge in [-0.3, -0.25) is 4.79 Å². The Labute approximate surface area is 126 Å². The summed E-state index contributed by atoms with van der Waals surface area (Å²) in [5, 5.41) is 14.1. The molecule has 1 aromatic rings. The maximum Gasteiger partial charge on any atom is 0.318 e. The Bertz CT molecular complexity index is 568. The van der Waals surface area contributed by atoms with E-state index < -0.39 is 23.7 Å². The third-order valence-corrected chi connectivity index (χ3v) is 3.44. The van der Waals surface area contributed by atoms with Crippen molar-refractivity contribution in [2.24, 2.45) is 0 Å². The molecule has 1 atom stereocenters. The van der Waals surface area contributed by atoms with E-state index in [0.29, 0.717) is 13.1 Å². The molecule has 22 heavy (non-hydrogen) atoms. The number of benzene rings is 1. The fourth-order valence-corrected chi connectivity index (χ4v) is 2.30. The van der Waals surface area contributed by atoms with Crippen LogP contribution >= 0.6 is 0 Å². The first-order valence-electron chi connectivity index (χ1n) is 6.90. The molecule has 0 saturated carbocycles. The molecule has 0 radical (unpaired) electrons. The summed E-state index contributed by atoms with van der Waals surface area (Å²) >= 11 is 0. The first kappa shape index (κ1) is 16.2. The second kappa shape index (κ2) is 7.17. The predicted molar refractivity (Wildman–Crippen MR) is 73.8 cm³/mol. The van der Waals surface area contributed by atoms with E-state index in [0.717, 1.165) is 12.1 Å². The van der Waals surface area contributed by atoms with Gasteiger partial charge in [-0.15, -0.1) is 0 Å². The van der Waals surface area contributed by atoms with Crippen molar-refractivity contribution in [1.29, 1.82) is 0 Å². The molecule has 1 aliphatic rings. The van der Waals surface area contributed by atoms with E-state index in [1.54, 1.807) is 0 Å².